The van der Waals surface area contributed by atoms with Crippen LogP contribution in [0.4, 0.5) is 5.69 Å². The van der Waals surface area contributed by atoms with Gasteiger partial charge in [-0.25, -0.2) is 0 Å². The van der Waals surface area contributed by atoms with Crippen molar-refractivity contribution in [1.29, 1.82) is 0 Å². The number of ether oxygens (including phenoxy) is 2. The van der Waals surface area contributed by atoms with Crippen molar-refractivity contribution in [3.05, 3.63) is 22.7 Å². The number of aliphatic imine (C=N–C) groups is 1. The molecule has 142 valence electrons. The smallest absolute Gasteiger partial charge is 0.240 e. The van der Waals surface area contributed by atoms with Crippen molar-refractivity contribution in [1.82, 2.24) is 5.32 Å². The molecule has 0 bridgehead atoms. The van der Waals surface area contributed by atoms with Crippen LogP contribution in [0.3, 0.4) is 0 Å². The van der Waals surface area contributed by atoms with E-state index in [1.165, 1.54) is 18.9 Å². The number of nitrogens with one attached hydrogen (secondary N) is 2. The molecule has 1 heterocycles. The van der Waals surface area contributed by atoms with Gasteiger partial charge in [0.15, 0.2) is 5.17 Å². The Balaban J connectivity index is 2.00. The summed E-state index contributed by atoms with van der Waals surface area (Å²) >= 11 is 7.31. The van der Waals surface area contributed by atoms with Gasteiger partial charge >= 0.3 is 0 Å². The molecule has 7 nitrogen and oxygen atoms in total. The molecular formula is C17H22ClN3O4S. The first-order valence-corrected chi connectivity index (χ1v) is 9.28. The minimum absolute atomic E-state index is 0.0268. The number of halogens is 1. The maximum Gasteiger partial charge on any atom is 0.240 e. The van der Waals surface area contributed by atoms with E-state index in [0.717, 1.165) is 5.56 Å². The molecule has 2 atom stereocenters. The van der Waals surface area contributed by atoms with E-state index in [1.54, 1.807) is 19.2 Å². The number of rotatable bonds is 7. The monoisotopic (exact) mass is 399 g/mol. The number of nitrogens with zero attached hydrogens (tertiary/aromatic N) is 1. The highest BCUT2D eigenvalue weighted by Crippen LogP contribution is 2.31. The zero-order chi connectivity index (χ0) is 19.3. The van der Waals surface area contributed by atoms with Gasteiger partial charge in [-0.3, -0.25) is 14.6 Å². The summed E-state index contributed by atoms with van der Waals surface area (Å²) < 4.78 is 10.3. The summed E-state index contributed by atoms with van der Waals surface area (Å²) in [6.45, 7) is 4.18. The molecule has 0 saturated carbocycles. The van der Waals surface area contributed by atoms with Crippen LogP contribution in [0.2, 0.25) is 5.02 Å². The molecule has 2 rings (SSSR count). The largest absolute Gasteiger partial charge is 0.495 e. The van der Waals surface area contributed by atoms with Gasteiger partial charge in [-0.1, -0.05) is 23.4 Å². The van der Waals surface area contributed by atoms with Crippen LogP contribution in [0.5, 0.6) is 5.75 Å². The van der Waals surface area contributed by atoms with E-state index in [1.807, 2.05) is 13.8 Å². The quantitative estimate of drug-likeness (QED) is 0.735. The third-order valence-corrected chi connectivity index (χ3v) is 5.15. The van der Waals surface area contributed by atoms with Crippen molar-refractivity contribution in [2.24, 2.45) is 4.99 Å². The topological polar surface area (TPSA) is 89.0 Å². The second kappa shape index (κ2) is 9.25. The number of carbonyl (C=O) groups is 2. The number of amides is 2. The van der Waals surface area contributed by atoms with Crippen LogP contribution in [0.1, 0.15) is 18.9 Å². The molecule has 9 heteroatoms. The normalized spacial score (nSPS) is 19.3. The Labute approximate surface area is 161 Å². The lowest BCUT2D eigenvalue weighted by Crippen LogP contribution is -2.28. The molecule has 1 aliphatic rings. The first kappa shape index (κ1) is 20.5. The molecule has 1 aromatic carbocycles. The lowest BCUT2D eigenvalue weighted by Gasteiger charge is -2.13. The summed E-state index contributed by atoms with van der Waals surface area (Å²) in [6.07, 6.45) is 0.0268. The molecule has 1 fully saturated rings. The minimum Gasteiger partial charge on any atom is -0.495 e. The Morgan fingerprint density at radius 2 is 2.19 bits per heavy atom. The Kier molecular flexibility index (Phi) is 7.31. The molecule has 0 aliphatic carbocycles. The van der Waals surface area contributed by atoms with Gasteiger partial charge in [0, 0.05) is 24.6 Å². The molecule has 2 amide bonds. The number of benzene rings is 1. The molecule has 1 aromatic rings. The lowest BCUT2D eigenvalue weighted by molar-refractivity contribution is -0.122. The van der Waals surface area contributed by atoms with Gasteiger partial charge in [0.25, 0.3) is 0 Å². The number of carbonyl (C=O) groups excluding carboxylic acids is 2. The molecule has 0 aromatic heterocycles. The second-order valence-electron chi connectivity index (χ2n) is 5.89. The van der Waals surface area contributed by atoms with Crippen LogP contribution in [-0.2, 0) is 14.3 Å². The maximum absolute atomic E-state index is 12.4. The summed E-state index contributed by atoms with van der Waals surface area (Å²) in [6, 6.07) is 3.31. The Bertz CT molecular complexity index is 726. The fourth-order valence-corrected chi connectivity index (χ4v) is 3.60. The highest BCUT2D eigenvalue weighted by atomic mass is 35.5. The summed E-state index contributed by atoms with van der Waals surface area (Å²) in [7, 11) is 3.10. The molecule has 2 N–H and O–H groups in total. The standard InChI is InChI=1S/C17H22ClN3O4S/c1-9-5-12(13(25-4)6-11(9)18)20-15(22)7-14-16(23)21-17(26-14)19-10(2)8-24-3/h5-6,10,14H,7-8H2,1-4H3,(H,20,22)(H,19,21,23)/t10-,14-/m0/s1. The van der Waals surface area contributed by atoms with Crippen LogP contribution < -0.4 is 15.4 Å². The third kappa shape index (κ3) is 5.36. The number of hydrogen-bond acceptors (Lipinski definition) is 6. The van der Waals surface area contributed by atoms with E-state index in [4.69, 9.17) is 21.1 Å². The van der Waals surface area contributed by atoms with Gasteiger partial charge in [-0.2, -0.15) is 0 Å². The van der Waals surface area contributed by atoms with Crippen molar-refractivity contribution < 1.29 is 19.1 Å². The van der Waals surface area contributed by atoms with Crippen molar-refractivity contribution in [2.45, 2.75) is 31.6 Å². The Morgan fingerprint density at radius 3 is 2.85 bits per heavy atom. The van der Waals surface area contributed by atoms with Gasteiger partial charge in [-0.05, 0) is 25.5 Å². The van der Waals surface area contributed by atoms with E-state index < -0.39 is 5.25 Å². The van der Waals surface area contributed by atoms with Gasteiger partial charge in [0.1, 0.15) is 11.0 Å². The molecule has 0 unspecified atom stereocenters. The SMILES string of the molecule is COC[C@H](C)N=C1NC(=O)[C@H](CC(=O)Nc2cc(C)c(Cl)cc2OC)S1. The average Bonchev–Trinajstić information content (AvgIpc) is 2.89. The number of amidine groups is 1. The van der Waals surface area contributed by atoms with Crippen molar-refractivity contribution >= 4 is 46.0 Å². The number of anilines is 1. The van der Waals surface area contributed by atoms with E-state index in [2.05, 4.69) is 15.6 Å². The molecule has 1 aliphatic heterocycles. The van der Waals surface area contributed by atoms with Gasteiger partial charge in [0.05, 0.1) is 25.4 Å². The lowest BCUT2D eigenvalue weighted by atomic mass is 10.2. The van der Waals surface area contributed by atoms with Crippen LogP contribution in [0, 0.1) is 6.92 Å². The predicted octanol–water partition coefficient (Wildman–Crippen LogP) is 2.61. The number of methoxy groups -OCH3 is 2. The van der Waals surface area contributed by atoms with Crippen LogP contribution >= 0.6 is 23.4 Å². The predicted molar refractivity (Wildman–Crippen MR) is 104 cm³/mol. The fraction of sp³-hybridized carbons (Fsp3) is 0.471. The van der Waals surface area contributed by atoms with Crippen molar-refractivity contribution in [3.8, 4) is 5.75 Å². The second-order valence-corrected chi connectivity index (χ2v) is 7.49. The minimum atomic E-state index is -0.525. The summed E-state index contributed by atoms with van der Waals surface area (Å²) in [5.74, 6) is -0.0512. The molecule has 0 radical (unpaired) electrons. The van der Waals surface area contributed by atoms with Crippen LogP contribution in [-0.4, -0.2) is 49.1 Å². The Hall–Kier alpha value is -1.77. The van der Waals surface area contributed by atoms with E-state index in [-0.39, 0.29) is 24.3 Å². The molecule has 0 spiro atoms. The third-order valence-electron chi connectivity index (χ3n) is 3.65. The zero-order valence-electron chi connectivity index (χ0n) is 15.1. The van der Waals surface area contributed by atoms with Gasteiger partial charge in [0.2, 0.25) is 11.8 Å². The van der Waals surface area contributed by atoms with Gasteiger partial charge in [-0.15, -0.1) is 0 Å². The van der Waals surface area contributed by atoms with Gasteiger partial charge < -0.3 is 20.1 Å². The number of hydrogen-bond donors (Lipinski definition) is 2. The molecule has 26 heavy (non-hydrogen) atoms. The van der Waals surface area contributed by atoms with Crippen molar-refractivity contribution in [3.63, 3.8) is 0 Å². The summed E-state index contributed by atoms with van der Waals surface area (Å²) in [4.78, 5) is 28.8. The maximum atomic E-state index is 12.4. The van der Waals surface area contributed by atoms with Crippen molar-refractivity contribution in [2.75, 3.05) is 26.1 Å². The molecule has 1 saturated heterocycles. The number of aryl methyl sites for hydroxylation is 1. The molecular weight excluding hydrogens is 378 g/mol. The highest BCUT2D eigenvalue weighted by Gasteiger charge is 2.32. The highest BCUT2D eigenvalue weighted by molar-refractivity contribution is 8.15. The van der Waals surface area contributed by atoms with Crippen LogP contribution in [0.15, 0.2) is 17.1 Å². The summed E-state index contributed by atoms with van der Waals surface area (Å²) in [5, 5.41) is 6.01. The van der Waals surface area contributed by atoms with E-state index >= 15 is 0 Å². The Morgan fingerprint density at radius 1 is 1.46 bits per heavy atom. The first-order chi connectivity index (χ1) is 12.3. The number of thioether (sulfide) groups is 1. The average molecular weight is 400 g/mol. The first-order valence-electron chi connectivity index (χ1n) is 8.02. The fourth-order valence-electron chi connectivity index (χ4n) is 2.38. The van der Waals surface area contributed by atoms with E-state index in [0.29, 0.717) is 28.2 Å². The summed E-state index contributed by atoms with van der Waals surface area (Å²) in [5.41, 5.74) is 1.34. The van der Waals surface area contributed by atoms with Crippen LogP contribution in [0.25, 0.3) is 0 Å². The van der Waals surface area contributed by atoms with E-state index in [9.17, 15) is 9.59 Å². The zero-order valence-corrected chi connectivity index (χ0v) is 16.7.